The van der Waals surface area contributed by atoms with Crippen molar-refractivity contribution in [2.75, 3.05) is 12.3 Å². The van der Waals surface area contributed by atoms with Gasteiger partial charge in [0.25, 0.3) is 5.91 Å². The van der Waals surface area contributed by atoms with Crippen molar-refractivity contribution < 1.29 is 37.5 Å². The maximum Gasteiger partial charge on any atom is 0.362 e. The number of fused-ring (bicyclic) bond motifs is 1. The zero-order chi connectivity index (χ0) is 25.3. The molecule has 0 bridgehead atoms. The van der Waals surface area contributed by atoms with E-state index >= 15 is 0 Å². The Morgan fingerprint density at radius 1 is 1.31 bits per heavy atom. The van der Waals surface area contributed by atoms with E-state index in [1.807, 2.05) is 0 Å². The second-order valence-electron chi connectivity index (χ2n) is 7.16. The summed E-state index contributed by atoms with van der Waals surface area (Å²) in [6, 6.07) is 5.25. The lowest BCUT2D eigenvalue weighted by Gasteiger charge is -2.16. The molecule has 1 aliphatic rings. The number of nitrogen functional groups attached to an aromatic ring is 1. The topological polar surface area (TPSA) is 261 Å². The number of benzene rings is 1. The van der Waals surface area contributed by atoms with Gasteiger partial charge in [0, 0.05) is 4.91 Å². The number of aliphatic hydroxyl groups excluding tert-OH is 2. The number of hydrogen-bond acceptors (Lipinski definition) is 13. The molecule has 2 aromatic heterocycles. The minimum absolute atomic E-state index is 0.0141. The predicted octanol–water partition coefficient (Wildman–Crippen LogP) is -0.634. The Morgan fingerprint density at radius 3 is 2.77 bits per heavy atom. The van der Waals surface area contributed by atoms with Gasteiger partial charge in [0.2, 0.25) is 5.95 Å². The second-order valence-corrected chi connectivity index (χ2v) is 8.50. The van der Waals surface area contributed by atoms with Crippen molar-refractivity contribution >= 4 is 39.1 Å². The third kappa shape index (κ3) is 4.78. The molecule has 1 saturated heterocycles. The lowest BCUT2D eigenvalue weighted by Crippen LogP contribution is -2.37. The molecule has 1 amide bonds. The first-order valence-corrected chi connectivity index (χ1v) is 11.1. The summed E-state index contributed by atoms with van der Waals surface area (Å²) in [7, 11) is -4.68. The Balaban J connectivity index is 1.48. The molecule has 1 aromatic carbocycles. The van der Waals surface area contributed by atoms with E-state index in [2.05, 4.69) is 25.0 Å². The molecule has 0 unspecified atom stereocenters. The maximum atomic E-state index is 12.2. The fourth-order valence-electron chi connectivity index (χ4n) is 3.31. The van der Waals surface area contributed by atoms with Crippen molar-refractivity contribution in [2.24, 2.45) is 5.11 Å². The molecule has 35 heavy (non-hydrogen) atoms. The van der Waals surface area contributed by atoms with Gasteiger partial charge in [-0.1, -0.05) is 12.1 Å². The lowest BCUT2D eigenvalue weighted by atomic mass is 10.1. The monoisotopic (exact) mass is 507 g/mol. The zero-order valence-corrected chi connectivity index (χ0v) is 18.2. The van der Waals surface area contributed by atoms with Gasteiger partial charge < -0.3 is 25.8 Å². The molecule has 1 aliphatic heterocycles. The summed E-state index contributed by atoms with van der Waals surface area (Å²) < 4.78 is 37.4. The number of phenolic OH excluding ortho intramolecular Hbond substituents is 1. The Morgan fingerprint density at radius 2 is 2.06 bits per heavy atom. The van der Waals surface area contributed by atoms with Crippen molar-refractivity contribution in [3.05, 3.63) is 46.6 Å². The second kappa shape index (κ2) is 9.29. The molecule has 1 fully saturated rings. The molecule has 6 N–H and O–H groups in total. The van der Waals surface area contributed by atoms with E-state index in [9.17, 15) is 28.5 Å². The number of nitrogens with two attached hydrogens (primary N) is 1. The van der Waals surface area contributed by atoms with Gasteiger partial charge in [-0.3, -0.25) is 13.5 Å². The number of nitrogens with one attached hydrogen (secondary N) is 1. The van der Waals surface area contributed by atoms with E-state index < -0.39 is 53.1 Å². The van der Waals surface area contributed by atoms with Gasteiger partial charge in [0.15, 0.2) is 17.7 Å². The van der Waals surface area contributed by atoms with Crippen LogP contribution in [0.25, 0.3) is 21.6 Å². The number of phenols is 1. The molecule has 3 aromatic rings. The van der Waals surface area contributed by atoms with Gasteiger partial charge in [-0.2, -0.15) is 8.42 Å². The van der Waals surface area contributed by atoms with Crippen LogP contribution >= 0.6 is 0 Å². The fraction of sp³-hybridized carbons (Fsp3) is 0.294. The van der Waals surface area contributed by atoms with E-state index in [4.69, 9.17) is 20.2 Å². The number of para-hydroxylation sites is 1. The number of aliphatic hydroxyl groups is 2. The van der Waals surface area contributed by atoms with Crippen LogP contribution < -0.4 is 10.5 Å². The zero-order valence-electron chi connectivity index (χ0n) is 17.4. The van der Waals surface area contributed by atoms with E-state index in [1.54, 1.807) is 4.72 Å². The highest BCUT2D eigenvalue weighted by atomic mass is 32.2. The number of anilines is 1. The molecular weight excluding hydrogens is 490 g/mol. The number of carbonyl (C=O) groups excluding carboxylic acids is 1. The number of rotatable bonds is 7. The third-order valence-electron chi connectivity index (χ3n) is 4.94. The van der Waals surface area contributed by atoms with Crippen molar-refractivity contribution in [1.82, 2.24) is 24.2 Å². The number of aromatic hydroxyl groups is 1. The number of carbonyl (C=O) groups is 1. The number of amides is 1. The van der Waals surface area contributed by atoms with Gasteiger partial charge >= 0.3 is 10.3 Å². The van der Waals surface area contributed by atoms with Crippen LogP contribution in [-0.2, 0) is 19.2 Å². The van der Waals surface area contributed by atoms with Crippen molar-refractivity contribution in [3.8, 4) is 5.75 Å². The predicted molar refractivity (Wildman–Crippen MR) is 115 cm³/mol. The molecule has 0 radical (unpaired) electrons. The summed E-state index contributed by atoms with van der Waals surface area (Å²) >= 11 is 0. The van der Waals surface area contributed by atoms with Crippen molar-refractivity contribution in [3.63, 3.8) is 0 Å². The Bertz CT molecular complexity index is 1440. The Hall–Kier alpha value is -4.06. The standard InChI is InChI=1S/C17H17N9O8S/c18-13-10-14(22-17(21-13)23-25-19)26(6-20-10)16-12(29)11(28)9(34-16)5-33-35(31,32)24-15(30)7-3-1-2-4-8(7)27/h1-4,6,9,11-12,16,27-29H,5H2,(H,24,30)(H2,18,21,22)/t9-,11-,12-,16-/m1/s1. The maximum absolute atomic E-state index is 12.2. The van der Waals surface area contributed by atoms with E-state index in [0.29, 0.717) is 0 Å². The van der Waals surface area contributed by atoms with Gasteiger partial charge in [0.05, 0.1) is 18.5 Å². The highest BCUT2D eigenvalue weighted by molar-refractivity contribution is 7.85. The number of ether oxygens (including phenoxy) is 1. The first kappa shape index (κ1) is 24.1. The first-order chi connectivity index (χ1) is 16.6. The molecule has 0 saturated carbocycles. The minimum Gasteiger partial charge on any atom is -0.507 e. The molecule has 0 aliphatic carbocycles. The largest absolute Gasteiger partial charge is 0.507 e. The summed E-state index contributed by atoms with van der Waals surface area (Å²) in [6.07, 6.45) is -4.69. The quantitative estimate of drug-likeness (QED) is 0.152. The number of nitrogens with zero attached hydrogens (tertiary/aromatic N) is 7. The number of azide groups is 1. The molecule has 4 atom stereocenters. The highest BCUT2D eigenvalue weighted by Gasteiger charge is 2.45. The molecule has 3 heterocycles. The number of imidazole rings is 1. The van der Waals surface area contributed by atoms with Gasteiger partial charge in [0.1, 0.15) is 29.6 Å². The molecular formula is C17H17N9O8S. The first-order valence-electron chi connectivity index (χ1n) is 9.67. The van der Waals surface area contributed by atoms with Crippen LogP contribution in [0.5, 0.6) is 5.75 Å². The molecule has 18 heteroatoms. The number of hydrogen-bond donors (Lipinski definition) is 5. The Labute approximate surface area is 195 Å². The van der Waals surface area contributed by atoms with E-state index in [-0.39, 0.29) is 28.5 Å². The van der Waals surface area contributed by atoms with Crippen LogP contribution in [0, 0.1) is 0 Å². The smallest absolute Gasteiger partial charge is 0.362 e. The van der Waals surface area contributed by atoms with Crippen LogP contribution in [0.2, 0.25) is 0 Å². The van der Waals surface area contributed by atoms with Gasteiger partial charge in [-0.25, -0.2) is 19.7 Å². The third-order valence-corrected chi connectivity index (χ3v) is 5.82. The molecule has 4 rings (SSSR count). The minimum atomic E-state index is -4.68. The SMILES string of the molecule is [N-]=[N+]=Nc1nc(N)c2ncn([C@@H]3O[C@H](COS(=O)(=O)NC(=O)c4ccccc4O)[C@@H](O)[C@H]3O)c2n1. The summed E-state index contributed by atoms with van der Waals surface area (Å²) in [5.41, 5.74) is 14.2. The van der Waals surface area contributed by atoms with Crippen LogP contribution in [-0.4, -0.2) is 74.1 Å². The number of aromatic nitrogens is 4. The van der Waals surface area contributed by atoms with Crippen molar-refractivity contribution in [2.45, 2.75) is 24.5 Å². The van der Waals surface area contributed by atoms with Crippen LogP contribution in [0.1, 0.15) is 16.6 Å². The summed E-state index contributed by atoms with van der Waals surface area (Å²) in [6.45, 7) is -0.786. The molecule has 0 spiro atoms. The van der Waals surface area contributed by atoms with E-state index in [0.717, 1.165) is 0 Å². The molecule has 184 valence electrons. The lowest BCUT2D eigenvalue weighted by molar-refractivity contribution is -0.0468. The van der Waals surface area contributed by atoms with Gasteiger partial charge in [-0.05, 0) is 22.8 Å². The fourth-order valence-corrected chi connectivity index (χ4v) is 4.02. The van der Waals surface area contributed by atoms with Crippen LogP contribution in [0.4, 0.5) is 11.8 Å². The van der Waals surface area contributed by atoms with Gasteiger partial charge in [-0.15, -0.1) is 0 Å². The van der Waals surface area contributed by atoms with E-state index in [1.165, 1.54) is 35.2 Å². The summed E-state index contributed by atoms with van der Waals surface area (Å²) in [5, 5.41) is 33.8. The average Bonchev–Trinajstić information content (AvgIpc) is 3.34. The summed E-state index contributed by atoms with van der Waals surface area (Å²) in [5.74, 6) is -2.03. The average molecular weight is 507 g/mol. The Kier molecular flexibility index (Phi) is 6.39. The van der Waals surface area contributed by atoms with Crippen molar-refractivity contribution in [1.29, 1.82) is 0 Å². The van der Waals surface area contributed by atoms with Crippen LogP contribution in [0.3, 0.4) is 0 Å². The molecule has 17 nitrogen and oxygen atoms in total. The normalized spacial score (nSPS) is 22.1. The van der Waals surface area contributed by atoms with Crippen LogP contribution in [0.15, 0.2) is 35.7 Å². The summed E-state index contributed by atoms with van der Waals surface area (Å²) in [4.78, 5) is 26.5. The highest BCUT2D eigenvalue weighted by Crippen LogP contribution is 2.33.